The van der Waals surface area contributed by atoms with E-state index in [1.807, 2.05) is 48.1 Å². The zero-order chi connectivity index (χ0) is 36.1. The second-order valence-electron chi connectivity index (χ2n) is 12.7. The number of aryl methyl sites for hydroxylation is 2. The molecule has 3 aromatic heterocycles. The molecule has 5 aromatic rings. The van der Waals surface area contributed by atoms with Crippen LogP contribution >= 0.6 is 0 Å². The molecule has 0 saturated carbocycles. The predicted octanol–water partition coefficient (Wildman–Crippen LogP) is 3.03. The highest BCUT2D eigenvalue weighted by atomic mass is 16.5. The molecule has 15 heteroatoms. The lowest BCUT2D eigenvalue weighted by molar-refractivity contribution is -0.130. The average molecular weight is 698 g/mol. The number of ether oxygens (including phenoxy) is 1. The van der Waals surface area contributed by atoms with Gasteiger partial charge >= 0.3 is 0 Å². The highest BCUT2D eigenvalue weighted by molar-refractivity contribution is 6.01. The van der Waals surface area contributed by atoms with Crippen LogP contribution in [0.25, 0.3) is 21.9 Å². The van der Waals surface area contributed by atoms with E-state index in [0.29, 0.717) is 55.3 Å². The number of para-hydroxylation sites is 1. The van der Waals surface area contributed by atoms with Crippen molar-refractivity contribution in [3.05, 3.63) is 77.1 Å². The van der Waals surface area contributed by atoms with E-state index in [1.165, 1.54) is 0 Å². The van der Waals surface area contributed by atoms with Gasteiger partial charge in [0.05, 0.1) is 17.6 Å². The summed E-state index contributed by atoms with van der Waals surface area (Å²) in [6.07, 6.45) is 3.28. The molecular formula is C36H43N9O6. The van der Waals surface area contributed by atoms with Crippen LogP contribution in [0.15, 0.2) is 53.1 Å². The van der Waals surface area contributed by atoms with Crippen molar-refractivity contribution in [2.45, 2.75) is 57.7 Å². The summed E-state index contributed by atoms with van der Waals surface area (Å²) in [6.45, 7) is 4.75. The molecule has 4 amide bonds. The van der Waals surface area contributed by atoms with Crippen molar-refractivity contribution in [3.63, 3.8) is 0 Å². The van der Waals surface area contributed by atoms with Crippen molar-refractivity contribution in [2.75, 3.05) is 32.1 Å². The van der Waals surface area contributed by atoms with E-state index in [-0.39, 0.29) is 24.4 Å². The van der Waals surface area contributed by atoms with E-state index >= 15 is 0 Å². The Kier molecular flexibility index (Phi) is 10.7. The summed E-state index contributed by atoms with van der Waals surface area (Å²) in [6, 6.07) is 10.2. The number of aromatic amines is 1. The van der Waals surface area contributed by atoms with Gasteiger partial charge in [-0.1, -0.05) is 18.2 Å². The smallest absolute Gasteiger partial charge is 0.273 e. The molecular weight excluding hydrogens is 654 g/mol. The third-order valence-electron chi connectivity index (χ3n) is 9.05. The summed E-state index contributed by atoms with van der Waals surface area (Å²) in [4.78, 5) is 66.7. The molecule has 0 aliphatic carbocycles. The number of hydrogen-bond acceptors (Lipinski definition) is 9. The van der Waals surface area contributed by atoms with Gasteiger partial charge in [-0.25, -0.2) is 9.97 Å². The Balaban J connectivity index is 1.26. The van der Waals surface area contributed by atoms with Gasteiger partial charge in [0.25, 0.3) is 11.8 Å². The van der Waals surface area contributed by atoms with Gasteiger partial charge in [0.2, 0.25) is 23.7 Å². The molecule has 3 atom stereocenters. The van der Waals surface area contributed by atoms with Crippen molar-refractivity contribution in [1.82, 2.24) is 40.8 Å². The topological polar surface area (TPSA) is 197 Å². The van der Waals surface area contributed by atoms with Crippen molar-refractivity contribution in [1.29, 1.82) is 0 Å². The van der Waals surface area contributed by atoms with Gasteiger partial charge in [-0.3, -0.25) is 19.2 Å². The van der Waals surface area contributed by atoms with Crippen molar-refractivity contribution in [2.24, 2.45) is 7.05 Å². The molecule has 0 radical (unpaired) electrons. The fraction of sp³-hybridized carbons (Fsp3) is 0.389. The number of nitrogens with one attached hydrogen (secondary N) is 6. The molecule has 1 aliphatic heterocycles. The van der Waals surface area contributed by atoms with E-state index < -0.39 is 41.8 Å². The number of nitrogens with zero attached hydrogens (tertiary/aromatic N) is 3. The number of oxazole rings is 1. The van der Waals surface area contributed by atoms with E-state index in [9.17, 15) is 19.2 Å². The standard InChI is InChI=1S/C36H43N9O6/c1-20-35-44-30(21(2)51-35)34(49)37-14-8-7-11-26(32(47)42-28(33(48)40-20)18-23-19-39-25-10-6-5-9-24(23)25)41-31(46)22-12-13-29-27(17-22)43-36(45(29)3)38-15-16-50-4/h5-6,9-10,12-13,17,19-20,26,28,39H,7-8,11,14-16,18H2,1-4H3,(H,37,49)(H,38,43)(H,40,48)(H,41,46)(H,42,47)/t20-,26+,28-/m1/s1. The molecule has 2 bridgehead atoms. The Hall–Kier alpha value is -5.70. The third kappa shape index (κ3) is 7.88. The Morgan fingerprint density at radius 3 is 2.73 bits per heavy atom. The highest BCUT2D eigenvalue weighted by Gasteiger charge is 2.30. The first-order valence-corrected chi connectivity index (χ1v) is 17.0. The van der Waals surface area contributed by atoms with Crippen LogP contribution in [0.1, 0.15) is 70.3 Å². The van der Waals surface area contributed by atoms with E-state index in [2.05, 4.69) is 41.5 Å². The monoisotopic (exact) mass is 697 g/mol. The number of fused-ring (bicyclic) bond motifs is 4. The molecule has 2 aromatic carbocycles. The van der Waals surface area contributed by atoms with Crippen LogP contribution in [0.2, 0.25) is 0 Å². The number of aromatic nitrogens is 4. The number of carbonyl (C=O) groups is 4. The molecule has 0 saturated heterocycles. The normalized spacial score (nSPS) is 19.1. The van der Waals surface area contributed by atoms with E-state index in [1.54, 1.807) is 33.1 Å². The summed E-state index contributed by atoms with van der Waals surface area (Å²) in [5.74, 6) is -0.698. The second kappa shape index (κ2) is 15.5. The fourth-order valence-electron chi connectivity index (χ4n) is 6.22. The Labute approximate surface area is 294 Å². The van der Waals surface area contributed by atoms with Crippen LogP contribution in [0.3, 0.4) is 0 Å². The molecule has 6 rings (SSSR count). The molecule has 51 heavy (non-hydrogen) atoms. The lowest BCUT2D eigenvalue weighted by Gasteiger charge is -2.24. The van der Waals surface area contributed by atoms with E-state index in [4.69, 9.17) is 9.15 Å². The molecule has 4 heterocycles. The van der Waals surface area contributed by atoms with E-state index in [0.717, 1.165) is 22.0 Å². The summed E-state index contributed by atoms with van der Waals surface area (Å²) >= 11 is 0. The number of amides is 4. The molecule has 6 N–H and O–H groups in total. The van der Waals surface area contributed by atoms with Crippen LogP contribution in [0.5, 0.6) is 0 Å². The van der Waals surface area contributed by atoms with Crippen LogP contribution in [-0.4, -0.2) is 82.0 Å². The number of imidazole rings is 1. The summed E-state index contributed by atoms with van der Waals surface area (Å²) in [7, 11) is 3.50. The maximum absolute atomic E-state index is 14.0. The summed E-state index contributed by atoms with van der Waals surface area (Å²) in [5, 5.41) is 15.7. The van der Waals surface area contributed by atoms with Gasteiger partial charge in [0.15, 0.2) is 5.69 Å². The maximum Gasteiger partial charge on any atom is 0.273 e. The highest BCUT2D eigenvalue weighted by Crippen LogP contribution is 2.22. The molecule has 268 valence electrons. The number of methoxy groups -OCH3 is 1. The Bertz CT molecular complexity index is 2060. The first kappa shape index (κ1) is 35.1. The largest absolute Gasteiger partial charge is 0.443 e. The predicted molar refractivity (Wildman–Crippen MR) is 190 cm³/mol. The lowest BCUT2D eigenvalue weighted by Crippen LogP contribution is -2.54. The minimum Gasteiger partial charge on any atom is -0.443 e. The van der Waals surface area contributed by atoms with Crippen molar-refractivity contribution in [3.8, 4) is 0 Å². The first-order valence-electron chi connectivity index (χ1n) is 17.0. The van der Waals surface area contributed by atoms with Gasteiger partial charge in [0.1, 0.15) is 23.9 Å². The van der Waals surface area contributed by atoms with Gasteiger partial charge in [-0.05, 0) is 62.9 Å². The van der Waals surface area contributed by atoms with Crippen LogP contribution < -0.4 is 26.6 Å². The average Bonchev–Trinajstić information content (AvgIpc) is 3.81. The summed E-state index contributed by atoms with van der Waals surface area (Å²) < 4.78 is 12.8. The quantitative estimate of drug-likeness (QED) is 0.132. The van der Waals surface area contributed by atoms with Crippen LogP contribution in [0, 0.1) is 6.92 Å². The number of benzene rings is 2. The Morgan fingerprint density at radius 2 is 1.90 bits per heavy atom. The maximum atomic E-state index is 14.0. The zero-order valence-corrected chi connectivity index (χ0v) is 29.1. The van der Waals surface area contributed by atoms with Gasteiger partial charge in [0, 0.05) is 56.3 Å². The van der Waals surface area contributed by atoms with Gasteiger partial charge in [-0.2, -0.15) is 0 Å². The van der Waals surface area contributed by atoms with Crippen LogP contribution in [0.4, 0.5) is 5.95 Å². The number of rotatable bonds is 8. The molecule has 0 fully saturated rings. The van der Waals surface area contributed by atoms with Gasteiger partial charge < -0.3 is 45.3 Å². The lowest BCUT2D eigenvalue weighted by atomic mass is 10.0. The first-order chi connectivity index (χ1) is 24.6. The molecule has 0 spiro atoms. The van der Waals surface area contributed by atoms with Crippen molar-refractivity contribution >= 4 is 51.5 Å². The third-order valence-corrected chi connectivity index (χ3v) is 9.05. The molecule has 0 unspecified atom stereocenters. The minimum atomic E-state index is -1.01. The SMILES string of the molecule is COCCNc1nc2cc(C(=O)N[C@H]3CCCCNC(=O)c4nc(oc4C)[C@@H](C)NC(=O)[C@@H](Cc4c[nH]c5ccccc45)NC3=O)ccc2n1C. The van der Waals surface area contributed by atoms with Crippen molar-refractivity contribution < 1.29 is 28.3 Å². The minimum absolute atomic E-state index is 0.148. The zero-order valence-electron chi connectivity index (χ0n) is 29.1. The Morgan fingerprint density at radius 1 is 1.08 bits per heavy atom. The molecule has 1 aliphatic rings. The molecule has 15 nitrogen and oxygen atoms in total. The van der Waals surface area contributed by atoms with Crippen LogP contribution in [-0.2, 0) is 27.8 Å². The number of H-pyrrole nitrogens is 1. The van der Waals surface area contributed by atoms with Gasteiger partial charge in [-0.15, -0.1) is 0 Å². The number of carbonyl (C=O) groups excluding carboxylic acids is 4. The number of hydrogen-bond donors (Lipinski definition) is 6. The fourth-order valence-corrected chi connectivity index (χ4v) is 6.22. The number of anilines is 1. The summed E-state index contributed by atoms with van der Waals surface area (Å²) in [5.41, 5.74) is 3.65. The second-order valence-corrected chi connectivity index (χ2v) is 12.7.